The van der Waals surface area contributed by atoms with Gasteiger partial charge in [0.25, 0.3) is 0 Å². The maximum absolute atomic E-state index is 9.75. The number of nitrogens with two attached hydrogens (primary N) is 1. The molecule has 1 aromatic rings. The minimum Gasteiger partial charge on any atom is -0.505 e. The van der Waals surface area contributed by atoms with Crippen LogP contribution in [0.3, 0.4) is 0 Å². The molecule has 0 unspecified atom stereocenters. The molecule has 0 radical (unpaired) electrons. The Kier molecular flexibility index (Phi) is 2.50. The van der Waals surface area contributed by atoms with Gasteiger partial charge < -0.3 is 10.8 Å². The van der Waals surface area contributed by atoms with E-state index in [1.165, 1.54) is 0 Å². The van der Waals surface area contributed by atoms with Gasteiger partial charge in [-0.2, -0.15) is 0 Å². The topological polar surface area (TPSA) is 46.2 Å². The second-order valence-corrected chi connectivity index (χ2v) is 3.82. The summed E-state index contributed by atoms with van der Waals surface area (Å²) in [5, 5.41) is 9.75. The van der Waals surface area contributed by atoms with Crippen LogP contribution in [0.1, 0.15) is 36.5 Å². The van der Waals surface area contributed by atoms with E-state index in [9.17, 15) is 5.11 Å². The maximum atomic E-state index is 9.75. The maximum Gasteiger partial charge on any atom is 0.142 e. The molecule has 0 aromatic heterocycles. The lowest BCUT2D eigenvalue weighted by molar-refractivity contribution is 0.467. The Hall–Kier alpha value is -1.18. The molecular formula is C11H17NO. The summed E-state index contributed by atoms with van der Waals surface area (Å²) >= 11 is 0. The lowest BCUT2D eigenvalue weighted by atomic mass is 9.96. The lowest BCUT2D eigenvalue weighted by Crippen LogP contribution is -1.98. The van der Waals surface area contributed by atoms with Gasteiger partial charge in [-0.3, -0.25) is 0 Å². The Morgan fingerprint density at radius 1 is 1.31 bits per heavy atom. The van der Waals surface area contributed by atoms with Crippen molar-refractivity contribution in [2.24, 2.45) is 0 Å². The minimum absolute atomic E-state index is 0.248. The van der Waals surface area contributed by atoms with Gasteiger partial charge in [-0.05, 0) is 36.5 Å². The number of phenols is 1. The highest BCUT2D eigenvalue weighted by Gasteiger charge is 2.12. The Bertz CT molecular complexity index is 329. The number of hydrogen-bond donors (Lipinski definition) is 2. The predicted octanol–water partition coefficient (Wildman–Crippen LogP) is 2.71. The molecule has 3 N–H and O–H groups in total. The Morgan fingerprint density at radius 2 is 1.85 bits per heavy atom. The molecule has 0 heterocycles. The van der Waals surface area contributed by atoms with Gasteiger partial charge in [-0.25, -0.2) is 0 Å². The van der Waals surface area contributed by atoms with E-state index in [0.717, 1.165) is 16.7 Å². The first-order valence-electron chi connectivity index (χ1n) is 4.53. The third-order valence-corrected chi connectivity index (χ3v) is 2.52. The summed E-state index contributed by atoms with van der Waals surface area (Å²) in [6, 6.07) is 2.01. The Balaban J connectivity index is 3.41. The number of rotatable bonds is 1. The van der Waals surface area contributed by atoms with E-state index < -0.39 is 0 Å². The van der Waals surface area contributed by atoms with Crippen LogP contribution in [0.25, 0.3) is 0 Å². The van der Waals surface area contributed by atoms with E-state index in [-0.39, 0.29) is 5.75 Å². The average Bonchev–Trinajstić information content (AvgIpc) is 2.07. The second-order valence-electron chi connectivity index (χ2n) is 3.82. The highest BCUT2D eigenvalue weighted by atomic mass is 16.3. The van der Waals surface area contributed by atoms with Crippen LogP contribution in [-0.4, -0.2) is 5.11 Å². The van der Waals surface area contributed by atoms with Crippen LogP contribution in [0.15, 0.2) is 6.07 Å². The lowest BCUT2D eigenvalue weighted by Gasteiger charge is -2.14. The quantitative estimate of drug-likeness (QED) is 0.514. The second kappa shape index (κ2) is 3.29. The number of hydrogen-bond acceptors (Lipinski definition) is 2. The zero-order valence-corrected chi connectivity index (χ0v) is 8.68. The molecule has 1 rings (SSSR count). The molecule has 0 saturated carbocycles. The Morgan fingerprint density at radius 3 is 2.31 bits per heavy atom. The van der Waals surface area contributed by atoms with Crippen molar-refractivity contribution in [2.45, 2.75) is 33.6 Å². The monoisotopic (exact) mass is 179 g/mol. The molecule has 0 spiro atoms. The van der Waals surface area contributed by atoms with Crippen molar-refractivity contribution in [2.75, 3.05) is 5.73 Å². The van der Waals surface area contributed by atoms with E-state index in [1.54, 1.807) is 0 Å². The number of anilines is 1. The summed E-state index contributed by atoms with van der Waals surface area (Å²) in [5.41, 5.74) is 9.33. The normalized spacial score (nSPS) is 10.8. The highest BCUT2D eigenvalue weighted by molar-refractivity contribution is 5.64. The van der Waals surface area contributed by atoms with Crippen molar-refractivity contribution in [3.8, 4) is 5.75 Å². The van der Waals surface area contributed by atoms with Crippen LogP contribution >= 0.6 is 0 Å². The molecule has 0 atom stereocenters. The molecule has 0 amide bonds. The molecule has 0 saturated heterocycles. The predicted molar refractivity (Wildman–Crippen MR) is 56.1 cm³/mol. The molecule has 0 fully saturated rings. The molecule has 0 aliphatic carbocycles. The van der Waals surface area contributed by atoms with E-state index >= 15 is 0 Å². The van der Waals surface area contributed by atoms with Crippen LogP contribution in [-0.2, 0) is 0 Å². The largest absolute Gasteiger partial charge is 0.505 e. The summed E-state index contributed by atoms with van der Waals surface area (Å²) in [4.78, 5) is 0. The first kappa shape index (κ1) is 9.90. The fourth-order valence-corrected chi connectivity index (χ4v) is 1.40. The van der Waals surface area contributed by atoms with Gasteiger partial charge >= 0.3 is 0 Å². The standard InChI is InChI=1S/C11H17NO/c1-6(2)9-5-7(3)8(4)10(12)11(9)13/h5-6,13H,12H2,1-4H3. The minimum atomic E-state index is 0.248. The Labute approximate surface area is 79.4 Å². The summed E-state index contributed by atoms with van der Waals surface area (Å²) in [6.45, 7) is 8.03. The SMILES string of the molecule is Cc1cc(C(C)C)c(O)c(N)c1C. The van der Waals surface area contributed by atoms with Crippen molar-refractivity contribution >= 4 is 5.69 Å². The van der Waals surface area contributed by atoms with Crippen molar-refractivity contribution in [1.82, 2.24) is 0 Å². The summed E-state index contributed by atoms with van der Waals surface area (Å²) < 4.78 is 0. The van der Waals surface area contributed by atoms with Crippen molar-refractivity contribution in [3.63, 3.8) is 0 Å². The number of nitrogen functional groups attached to an aromatic ring is 1. The smallest absolute Gasteiger partial charge is 0.142 e. The van der Waals surface area contributed by atoms with E-state index in [2.05, 4.69) is 0 Å². The first-order chi connectivity index (χ1) is 5.95. The van der Waals surface area contributed by atoms with Gasteiger partial charge in [0.2, 0.25) is 0 Å². The summed E-state index contributed by atoms with van der Waals surface area (Å²) in [7, 11) is 0. The molecule has 1 aromatic carbocycles. The summed E-state index contributed by atoms with van der Waals surface area (Å²) in [6.07, 6.45) is 0. The number of phenolic OH excluding ortho intramolecular Hbond substituents is 1. The van der Waals surface area contributed by atoms with Crippen LogP contribution in [0.4, 0.5) is 5.69 Å². The molecule has 72 valence electrons. The number of aromatic hydroxyl groups is 1. The molecule has 0 aliphatic heterocycles. The molecule has 2 heteroatoms. The van der Waals surface area contributed by atoms with E-state index in [4.69, 9.17) is 5.73 Å². The van der Waals surface area contributed by atoms with Crippen molar-refractivity contribution in [3.05, 3.63) is 22.8 Å². The molecule has 13 heavy (non-hydrogen) atoms. The van der Waals surface area contributed by atoms with E-state index in [1.807, 2.05) is 33.8 Å². The van der Waals surface area contributed by atoms with Crippen LogP contribution in [0, 0.1) is 13.8 Å². The first-order valence-corrected chi connectivity index (χ1v) is 4.53. The zero-order chi connectivity index (χ0) is 10.2. The van der Waals surface area contributed by atoms with Crippen molar-refractivity contribution < 1.29 is 5.11 Å². The average molecular weight is 179 g/mol. The van der Waals surface area contributed by atoms with E-state index in [0.29, 0.717) is 11.6 Å². The highest BCUT2D eigenvalue weighted by Crippen LogP contribution is 2.34. The fraction of sp³-hybridized carbons (Fsp3) is 0.455. The number of benzene rings is 1. The van der Waals surface area contributed by atoms with Crippen molar-refractivity contribution in [1.29, 1.82) is 0 Å². The molecule has 0 bridgehead atoms. The summed E-state index contributed by atoms with van der Waals surface area (Å²) in [5.74, 6) is 0.555. The van der Waals surface area contributed by atoms with Gasteiger partial charge in [0.05, 0.1) is 5.69 Å². The van der Waals surface area contributed by atoms with Gasteiger partial charge in [0.1, 0.15) is 5.75 Å². The van der Waals surface area contributed by atoms with Gasteiger partial charge in [0.15, 0.2) is 0 Å². The number of aryl methyl sites for hydroxylation is 1. The third-order valence-electron chi connectivity index (χ3n) is 2.52. The zero-order valence-electron chi connectivity index (χ0n) is 8.68. The fourth-order valence-electron chi connectivity index (χ4n) is 1.40. The molecule has 2 nitrogen and oxygen atoms in total. The molecule has 0 aliphatic rings. The van der Waals surface area contributed by atoms with Gasteiger partial charge in [-0.1, -0.05) is 19.9 Å². The van der Waals surface area contributed by atoms with Crippen LogP contribution < -0.4 is 5.73 Å². The molecular weight excluding hydrogens is 162 g/mol. The van der Waals surface area contributed by atoms with Crippen LogP contribution in [0.2, 0.25) is 0 Å². The van der Waals surface area contributed by atoms with Gasteiger partial charge in [0, 0.05) is 0 Å². The van der Waals surface area contributed by atoms with Crippen LogP contribution in [0.5, 0.6) is 5.75 Å². The van der Waals surface area contributed by atoms with Gasteiger partial charge in [-0.15, -0.1) is 0 Å². The third kappa shape index (κ3) is 1.62.